The molecular weight excluding hydrogens is 224 g/mol. The molecule has 2 unspecified atom stereocenters. The van der Waals surface area contributed by atoms with Gasteiger partial charge in [-0.1, -0.05) is 0 Å². The Kier molecular flexibility index (Phi) is 3.87. The lowest BCUT2D eigenvalue weighted by Crippen LogP contribution is -2.49. The third-order valence-electron chi connectivity index (χ3n) is 3.84. The number of sulfone groups is 1. The maximum absolute atomic E-state index is 11.6. The van der Waals surface area contributed by atoms with E-state index in [-0.39, 0.29) is 6.04 Å². The quantitative estimate of drug-likeness (QED) is 0.758. The second-order valence-electron chi connectivity index (χ2n) is 5.15. The Labute approximate surface area is 98.1 Å². The van der Waals surface area contributed by atoms with Crippen molar-refractivity contribution in [3.63, 3.8) is 0 Å². The summed E-state index contributed by atoms with van der Waals surface area (Å²) in [6.45, 7) is 2.78. The molecule has 0 aliphatic carbocycles. The summed E-state index contributed by atoms with van der Waals surface area (Å²) < 4.78 is 23.2. The predicted molar refractivity (Wildman–Crippen MR) is 65.0 cm³/mol. The Hall–Kier alpha value is -0.130. The van der Waals surface area contributed by atoms with Crippen LogP contribution in [0.15, 0.2) is 0 Å². The smallest absolute Gasteiger partial charge is 0.151 e. The lowest BCUT2D eigenvalue weighted by molar-refractivity contribution is 0.128. The molecule has 2 rings (SSSR count). The first kappa shape index (κ1) is 12.3. The van der Waals surface area contributed by atoms with E-state index in [9.17, 15) is 8.42 Å². The second-order valence-corrected chi connectivity index (χ2v) is 7.38. The van der Waals surface area contributed by atoms with Gasteiger partial charge in [0.2, 0.25) is 0 Å². The Bertz CT molecular complexity index is 329. The van der Waals surface area contributed by atoms with Gasteiger partial charge in [-0.2, -0.15) is 0 Å². The summed E-state index contributed by atoms with van der Waals surface area (Å²) in [7, 11) is -2.78. The topological polar surface area (TPSA) is 63.4 Å². The van der Waals surface area contributed by atoms with Crippen molar-refractivity contribution in [2.45, 2.75) is 31.7 Å². The first-order valence-corrected chi connectivity index (χ1v) is 8.07. The van der Waals surface area contributed by atoms with Gasteiger partial charge >= 0.3 is 0 Å². The summed E-state index contributed by atoms with van der Waals surface area (Å²) >= 11 is 0. The molecule has 4 nitrogen and oxygen atoms in total. The minimum atomic E-state index is -2.78. The highest BCUT2D eigenvalue weighted by Crippen LogP contribution is 2.23. The molecule has 16 heavy (non-hydrogen) atoms. The molecule has 0 aromatic carbocycles. The second kappa shape index (κ2) is 5.02. The molecule has 2 saturated heterocycles. The molecule has 2 atom stereocenters. The van der Waals surface area contributed by atoms with Crippen molar-refractivity contribution in [1.29, 1.82) is 0 Å². The molecule has 0 saturated carbocycles. The molecule has 94 valence electrons. The molecule has 2 aliphatic heterocycles. The zero-order valence-electron chi connectivity index (χ0n) is 9.77. The Morgan fingerprint density at radius 3 is 2.75 bits per heavy atom. The fourth-order valence-corrected chi connectivity index (χ4v) is 4.64. The molecule has 2 fully saturated rings. The van der Waals surface area contributed by atoms with E-state index in [0.717, 1.165) is 32.5 Å². The number of rotatable bonds is 2. The fourth-order valence-electron chi connectivity index (χ4n) is 2.91. The van der Waals surface area contributed by atoms with Crippen LogP contribution in [0.5, 0.6) is 0 Å². The predicted octanol–water partition coefficient (Wildman–Crippen LogP) is 0.234. The van der Waals surface area contributed by atoms with Gasteiger partial charge in [-0.05, 0) is 44.7 Å². The highest BCUT2D eigenvalue weighted by atomic mass is 32.2. The van der Waals surface area contributed by atoms with Gasteiger partial charge in [-0.25, -0.2) is 8.42 Å². The van der Waals surface area contributed by atoms with Crippen LogP contribution in [-0.2, 0) is 9.84 Å². The minimum Gasteiger partial charge on any atom is -0.330 e. The molecule has 5 heteroatoms. The summed E-state index contributed by atoms with van der Waals surface area (Å²) in [5.74, 6) is 1.32. The Balaban J connectivity index is 1.96. The van der Waals surface area contributed by atoms with E-state index >= 15 is 0 Å². The van der Waals surface area contributed by atoms with Gasteiger partial charge in [-0.15, -0.1) is 0 Å². The van der Waals surface area contributed by atoms with Crippen molar-refractivity contribution in [3.8, 4) is 0 Å². The van der Waals surface area contributed by atoms with Crippen LogP contribution in [0.1, 0.15) is 25.7 Å². The van der Waals surface area contributed by atoms with Crippen LogP contribution in [-0.4, -0.2) is 50.5 Å². The maximum Gasteiger partial charge on any atom is 0.151 e. The molecule has 0 spiro atoms. The van der Waals surface area contributed by atoms with E-state index in [4.69, 9.17) is 5.73 Å². The third-order valence-corrected chi connectivity index (χ3v) is 5.64. The van der Waals surface area contributed by atoms with E-state index in [1.165, 1.54) is 12.8 Å². The van der Waals surface area contributed by atoms with Crippen LogP contribution in [0.2, 0.25) is 0 Å². The summed E-state index contributed by atoms with van der Waals surface area (Å²) in [4.78, 5) is 2.36. The fraction of sp³-hybridized carbons (Fsp3) is 1.00. The van der Waals surface area contributed by atoms with E-state index in [0.29, 0.717) is 17.4 Å². The van der Waals surface area contributed by atoms with Crippen LogP contribution in [0.4, 0.5) is 0 Å². The summed E-state index contributed by atoms with van der Waals surface area (Å²) in [6, 6.07) is 0.257. The van der Waals surface area contributed by atoms with Crippen LogP contribution in [0, 0.1) is 5.92 Å². The van der Waals surface area contributed by atoms with Crippen LogP contribution >= 0.6 is 0 Å². The zero-order valence-corrected chi connectivity index (χ0v) is 10.6. The van der Waals surface area contributed by atoms with Crippen molar-refractivity contribution >= 4 is 9.84 Å². The number of hydrogen-bond donors (Lipinski definition) is 1. The molecule has 0 radical (unpaired) electrons. The van der Waals surface area contributed by atoms with Crippen LogP contribution in [0.25, 0.3) is 0 Å². The van der Waals surface area contributed by atoms with Crippen molar-refractivity contribution in [2.24, 2.45) is 11.7 Å². The first-order valence-electron chi connectivity index (χ1n) is 6.25. The van der Waals surface area contributed by atoms with E-state index in [1.54, 1.807) is 0 Å². The SMILES string of the molecule is NCC1CCCN(C2CCCS(=O)(=O)C2)C1. The molecule has 0 amide bonds. The van der Waals surface area contributed by atoms with E-state index < -0.39 is 9.84 Å². The summed E-state index contributed by atoms with van der Waals surface area (Å²) in [6.07, 6.45) is 4.23. The summed E-state index contributed by atoms with van der Waals surface area (Å²) in [5, 5.41) is 0. The number of nitrogens with zero attached hydrogens (tertiary/aromatic N) is 1. The molecule has 0 aromatic rings. The molecule has 2 heterocycles. The molecule has 2 aliphatic rings. The summed E-state index contributed by atoms with van der Waals surface area (Å²) in [5.41, 5.74) is 5.70. The van der Waals surface area contributed by atoms with Crippen molar-refractivity contribution in [1.82, 2.24) is 4.90 Å². The third kappa shape index (κ3) is 2.96. The van der Waals surface area contributed by atoms with Crippen molar-refractivity contribution < 1.29 is 8.42 Å². The van der Waals surface area contributed by atoms with Gasteiger partial charge < -0.3 is 5.73 Å². The first-order chi connectivity index (χ1) is 7.61. The highest BCUT2D eigenvalue weighted by molar-refractivity contribution is 7.91. The molecular formula is C11H22N2O2S. The lowest BCUT2D eigenvalue weighted by Gasteiger charge is -2.39. The number of nitrogens with two attached hydrogens (primary N) is 1. The normalized spacial score (nSPS) is 36.1. The van der Waals surface area contributed by atoms with Gasteiger partial charge in [0.05, 0.1) is 11.5 Å². The van der Waals surface area contributed by atoms with Gasteiger partial charge in [-0.3, -0.25) is 4.90 Å². The van der Waals surface area contributed by atoms with Crippen LogP contribution < -0.4 is 5.73 Å². The van der Waals surface area contributed by atoms with Gasteiger partial charge in [0.25, 0.3) is 0 Å². The molecule has 0 bridgehead atoms. The highest BCUT2D eigenvalue weighted by Gasteiger charge is 2.31. The largest absolute Gasteiger partial charge is 0.330 e. The number of hydrogen-bond acceptors (Lipinski definition) is 4. The molecule has 2 N–H and O–H groups in total. The van der Waals surface area contributed by atoms with Crippen molar-refractivity contribution in [2.75, 3.05) is 31.1 Å². The standard InChI is InChI=1S/C11H22N2O2S/c12-7-10-3-1-5-13(8-10)11-4-2-6-16(14,15)9-11/h10-11H,1-9,12H2. The van der Waals surface area contributed by atoms with Gasteiger partial charge in [0, 0.05) is 12.6 Å². The zero-order chi connectivity index (χ0) is 11.6. The molecule has 0 aromatic heterocycles. The maximum atomic E-state index is 11.6. The van der Waals surface area contributed by atoms with Crippen molar-refractivity contribution in [3.05, 3.63) is 0 Å². The average Bonchev–Trinajstić information content (AvgIpc) is 2.28. The Morgan fingerprint density at radius 1 is 1.25 bits per heavy atom. The average molecular weight is 246 g/mol. The Morgan fingerprint density at radius 2 is 2.06 bits per heavy atom. The number of likely N-dealkylation sites (tertiary alicyclic amines) is 1. The minimum absolute atomic E-state index is 0.257. The lowest BCUT2D eigenvalue weighted by atomic mass is 9.96. The van der Waals surface area contributed by atoms with Gasteiger partial charge in [0.15, 0.2) is 9.84 Å². The monoisotopic (exact) mass is 246 g/mol. The van der Waals surface area contributed by atoms with Gasteiger partial charge in [0.1, 0.15) is 0 Å². The van der Waals surface area contributed by atoms with Crippen LogP contribution in [0.3, 0.4) is 0 Å². The van der Waals surface area contributed by atoms with E-state index in [2.05, 4.69) is 4.90 Å². The number of piperidine rings is 1. The van der Waals surface area contributed by atoms with E-state index in [1.807, 2.05) is 0 Å².